The maximum absolute atomic E-state index is 3.84. The van der Waals surface area contributed by atoms with Gasteiger partial charge in [-0.1, -0.05) is 19.8 Å². The third-order valence-corrected chi connectivity index (χ3v) is 4.41. The maximum atomic E-state index is 3.84. The Morgan fingerprint density at radius 1 is 1.19 bits per heavy atom. The molecule has 0 bridgehead atoms. The Morgan fingerprint density at radius 2 is 2.06 bits per heavy atom. The average molecular weight is 224 g/mol. The van der Waals surface area contributed by atoms with E-state index < -0.39 is 0 Å². The number of nitrogens with one attached hydrogen (secondary N) is 2. The molecule has 2 N–H and O–H groups in total. The monoisotopic (exact) mass is 224 g/mol. The predicted molar refractivity (Wildman–Crippen MR) is 69.7 cm³/mol. The van der Waals surface area contributed by atoms with Gasteiger partial charge in [-0.25, -0.2) is 0 Å². The van der Waals surface area contributed by atoms with Crippen LogP contribution in [0.25, 0.3) is 0 Å². The van der Waals surface area contributed by atoms with E-state index in [2.05, 4.69) is 24.5 Å². The first-order valence-corrected chi connectivity index (χ1v) is 7.25. The van der Waals surface area contributed by atoms with Crippen LogP contribution in [0.2, 0.25) is 0 Å². The molecule has 4 unspecified atom stereocenters. The summed E-state index contributed by atoms with van der Waals surface area (Å²) in [5, 5.41) is 7.48. The first-order valence-electron chi connectivity index (χ1n) is 7.25. The maximum Gasteiger partial charge on any atom is 0.00951 e. The molecule has 0 aromatic rings. The first kappa shape index (κ1) is 12.4. The van der Waals surface area contributed by atoms with Crippen LogP contribution in [-0.2, 0) is 0 Å². The summed E-state index contributed by atoms with van der Waals surface area (Å²) in [7, 11) is 0. The third kappa shape index (κ3) is 3.46. The van der Waals surface area contributed by atoms with Gasteiger partial charge in [0.25, 0.3) is 0 Å². The van der Waals surface area contributed by atoms with Crippen LogP contribution >= 0.6 is 0 Å². The topological polar surface area (TPSA) is 24.1 Å². The second kappa shape index (κ2) is 6.02. The summed E-state index contributed by atoms with van der Waals surface area (Å²) in [4.78, 5) is 0. The number of hydrogen-bond donors (Lipinski definition) is 2. The average Bonchev–Trinajstić information content (AvgIpc) is 2.66. The van der Waals surface area contributed by atoms with Gasteiger partial charge in [-0.2, -0.15) is 0 Å². The predicted octanol–water partition coefficient (Wildman–Crippen LogP) is 2.69. The first-order chi connectivity index (χ1) is 7.75. The largest absolute Gasteiger partial charge is 0.314 e. The lowest BCUT2D eigenvalue weighted by molar-refractivity contribution is 0.312. The standard InChI is InChI=1S/C14H28N2/c1-11-6-5-8-14(11)16-12(2)10-13-7-3-4-9-15-13/h11-16H,3-10H2,1-2H3. The number of piperidine rings is 1. The summed E-state index contributed by atoms with van der Waals surface area (Å²) in [6.07, 6.45) is 9.72. The van der Waals surface area contributed by atoms with Gasteiger partial charge >= 0.3 is 0 Å². The fraction of sp³-hybridized carbons (Fsp3) is 1.00. The van der Waals surface area contributed by atoms with Gasteiger partial charge < -0.3 is 10.6 Å². The van der Waals surface area contributed by atoms with Gasteiger partial charge in [-0.15, -0.1) is 0 Å². The van der Waals surface area contributed by atoms with Crippen LogP contribution in [0.4, 0.5) is 0 Å². The highest BCUT2D eigenvalue weighted by molar-refractivity contribution is 4.84. The van der Waals surface area contributed by atoms with Crippen molar-refractivity contribution < 1.29 is 0 Å². The van der Waals surface area contributed by atoms with E-state index in [1.807, 2.05) is 0 Å². The summed E-state index contributed by atoms with van der Waals surface area (Å²) in [5.74, 6) is 0.891. The quantitative estimate of drug-likeness (QED) is 0.767. The minimum absolute atomic E-state index is 0.682. The molecule has 2 rings (SSSR count). The molecule has 1 aliphatic heterocycles. The Morgan fingerprint density at radius 3 is 2.69 bits per heavy atom. The van der Waals surface area contributed by atoms with Crippen molar-refractivity contribution in [2.75, 3.05) is 6.54 Å². The molecule has 1 aliphatic carbocycles. The molecule has 94 valence electrons. The van der Waals surface area contributed by atoms with Crippen molar-refractivity contribution in [3.05, 3.63) is 0 Å². The molecule has 1 saturated carbocycles. The zero-order chi connectivity index (χ0) is 11.4. The fourth-order valence-electron chi connectivity index (χ4n) is 3.38. The van der Waals surface area contributed by atoms with Crippen molar-refractivity contribution >= 4 is 0 Å². The summed E-state index contributed by atoms with van der Waals surface area (Å²) < 4.78 is 0. The summed E-state index contributed by atoms with van der Waals surface area (Å²) >= 11 is 0. The molecule has 0 aromatic carbocycles. The lowest BCUT2D eigenvalue weighted by atomic mass is 9.97. The van der Waals surface area contributed by atoms with E-state index >= 15 is 0 Å². The Bertz CT molecular complexity index is 199. The number of rotatable bonds is 4. The highest BCUT2D eigenvalue weighted by Crippen LogP contribution is 2.25. The minimum Gasteiger partial charge on any atom is -0.314 e. The Balaban J connectivity index is 1.68. The van der Waals surface area contributed by atoms with Gasteiger partial charge in [0.15, 0.2) is 0 Å². The molecule has 2 heteroatoms. The molecule has 2 aliphatic rings. The molecular weight excluding hydrogens is 196 g/mol. The van der Waals surface area contributed by atoms with E-state index in [-0.39, 0.29) is 0 Å². The molecule has 4 atom stereocenters. The van der Waals surface area contributed by atoms with Crippen LogP contribution < -0.4 is 10.6 Å². The molecule has 0 aromatic heterocycles. The molecule has 1 saturated heterocycles. The number of hydrogen-bond acceptors (Lipinski definition) is 2. The lowest BCUT2D eigenvalue weighted by Crippen LogP contribution is -2.43. The molecule has 16 heavy (non-hydrogen) atoms. The Hall–Kier alpha value is -0.0800. The summed E-state index contributed by atoms with van der Waals surface area (Å²) in [6.45, 7) is 5.99. The van der Waals surface area contributed by atoms with E-state index in [1.54, 1.807) is 0 Å². The van der Waals surface area contributed by atoms with E-state index in [4.69, 9.17) is 0 Å². The van der Waals surface area contributed by atoms with E-state index in [0.29, 0.717) is 6.04 Å². The van der Waals surface area contributed by atoms with Crippen molar-refractivity contribution in [3.8, 4) is 0 Å². The van der Waals surface area contributed by atoms with Crippen LogP contribution in [-0.4, -0.2) is 24.7 Å². The Labute approximate surface area is 101 Å². The second-order valence-corrected chi connectivity index (χ2v) is 5.96. The molecule has 0 spiro atoms. The van der Waals surface area contributed by atoms with Gasteiger partial charge in [-0.3, -0.25) is 0 Å². The SMILES string of the molecule is CC(CC1CCCCN1)NC1CCCC1C. The van der Waals surface area contributed by atoms with Crippen molar-refractivity contribution in [3.63, 3.8) is 0 Å². The van der Waals surface area contributed by atoms with Gasteiger partial charge in [0, 0.05) is 18.1 Å². The molecule has 1 heterocycles. The van der Waals surface area contributed by atoms with Gasteiger partial charge in [-0.05, 0) is 51.5 Å². The van der Waals surface area contributed by atoms with Crippen LogP contribution in [0.3, 0.4) is 0 Å². The molecule has 0 amide bonds. The van der Waals surface area contributed by atoms with E-state index in [0.717, 1.165) is 18.0 Å². The van der Waals surface area contributed by atoms with Crippen molar-refractivity contribution in [1.82, 2.24) is 10.6 Å². The zero-order valence-corrected chi connectivity index (χ0v) is 11.0. The van der Waals surface area contributed by atoms with Crippen LogP contribution in [0.5, 0.6) is 0 Å². The van der Waals surface area contributed by atoms with E-state index in [1.165, 1.54) is 51.5 Å². The van der Waals surface area contributed by atoms with Gasteiger partial charge in [0.1, 0.15) is 0 Å². The fourth-order valence-corrected chi connectivity index (χ4v) is 3.38. The minimum atomic E-state index is 0.682. The van der Waals surface area contributed by atoms with E-state index in [9.17, 15) is 0 Å². The molecule has 2 nitrogen and oxygen atoms in total. The van der Waals surface area contributed by atoms with Gasteiger partial charge in [0.2, 0.25) is 0 Å². The molecule has 0 radical (unpaired) electrons. The van der Waals surface area contributed by atoms with Gasteiger partial charge in [0.05, 0.1) is 0 Å². The second-order valence-electron chi connectivity index (χ2n) is 5.96. The van der Waals surface area contributed by atoms with Crippen molar-refractivity contribution in [2.45, 2.75) is 76.9 Å². The Kier molecular flexibility index (Phi) is 4.66. The van der Waals surface area contributed by atoms with Crippen LogP contribution in [0.15, 0.2) is 0 Å². The lowest BCUT2D eigenvalue weighted by Gasteiger charge is -2.29. The summed E-state index contributed by atoms with van der Waals surface area (Å²) in [6, 6.07) is 2.24. The van der Waals surface area contributed by atoms with Crippen molar-refractivity contribution in [2.24, 2.45) is 5.92 Å². The summed E-state index contributed by atoms with van der Waals surface area (Å²) in [5.41, 5.74) is 0. The smallest absolute Gasteiger partial charge is 0.00951 e. The van der Waals surface area contributed by atoms with Crippen LogP contribution in [0, 0.1) is 5.92 Å². The molecule has 2 fully saturated rings. The normalized spacial score (nSPS) is 37.5. The van der Waals surface area contributed by atoms with Crippen LogP contribution in [0.1, 0.15) is 58.8 Å². The molecular formula is C14H28N2. The third-order valence-electron chi connectivity index (χ3n) is 4.41. The highest BCUT2D eigenvalue weighted by Gasteiger charge is 2.25. The van der Waals surface area contributed by atoms with Crippen molar-refractivity contribution in [1.29, 1.82) is 0 Å². The zero-order valence-electron chi connectivity index (χ0n) is 11.0. The highest BCUT2D eigenvalue weighted by atomic mass is 15.0.